The van der Waals surface area contributed by atoms with Gasteiger partial charge in [-0.1, -0.05) is 13.8 Å². The Bertz CT molecular complexity index is 585. The van der Waals surface area contributed by atoms with Gasteiger partial charge in [-0.15, -0.1) is 11.3 Å². The molecule has 1 amide bonds. The van der Waals surface area contributed by atoms with Crippen molar-refractivity contribution in [2.45, 2.75) is 44.3 Å². The van der Waals surface area contributed by atoms with Gasteiger partial charge >= 0.3 is 6.11 Å². The quantitative estimate of drug-likeness (QED) is 0.895. The second-order valence-corrected chi connectivity index (χ2v) is 7.45. The summed E-state index contributed by atoms with van der Waals surface area (Å²) >= 11 is 1.39. The third-order valence-electron chi connectivity index (χ3n) is 4.26. The highest BCUT2D eigenvalue weighted by Gasteiger charge is 2.51. The molecule has 0 unspecified atom stereocenters. The summed E-state index contributed by atoms with van der Waals surface area (Å²) in [5.74, 6) is -0.225. The van der Waals surface area contributed by atoms with Crippen LogP contribution in [0.1, 0.15) is 48.1 Å². The summed E-state index contributed by atoms with van der Waals surface area (Å²) in [6.45, 7) is 4.69. The van der Waals surface area contributed by atoms with Gasteiger partial charge in [-0.3, -0.25) is 4.79 Å². The van der Waals surface area contributed by atoms with Crippen LogP contribution in [0.4, 0.5) is 8.78 Å². The van der Waals surface area contributed by atoms with Crippen molar-refractivity contribution in [1.29, 1.82) is 0 Å². The maximum absolute atomic E-state index is 14.0. The van der Waals surface area contributed by atoms with E-state index in [4.69, 9.17) is 4.74 Å². The average Bonchev–Trinajstić information content (AvgIpc) is 2.95. The van der Waals surface area contributed by atoms with Crippen LogP contribution in [-0.2, 0) is 4.74 Å². The van der Waals surface area contributed by atoms with Crippen molar-refractivity contribution in [3.63, 3.8) is 0 Å². The topological polar surface area (TPSA) is 54.5 Å². The lowest BCUT2D eigenvalue weighted by atomic mass is 9.90. The van der Waals surface area contributed by atoms with Crippen molar-refractivity contribution in [1.82, 2.24) is 15.2 Å². The lowest BCUT2D eigenvalue weighted by molar-refractivity contribution is -0.329. The smallest absolute Gasteiger partial charge is 0.326 e. The molecule has 0 saturated carbocycles. The highest BCUT2D eigenvalue weighted by atomic mass is 32.1. The second kappa shape index (κ2) is 6.07. The summed E-state index contributed by atoms with van der Waals surface area (Å²) in [6.07, 6.45) is -2.37. The van der Waals surface area contributed by atoms with E-state index in [1.165, 1.54) is 16.2 Å². The summed E-state index contributed by atoms with van der Waals surface area (Å²) in [6, 6.07) is 0. The van der Waals surface area contributed by atoms with Gasteiger partial charge in [-0.05, 0) is 25.9 Å². The minimum Gasteiger partial charge on any atom is -0.326 e. The Labute approximate surface area is 138 Å². The molecule has 3 heterocycles. The highest BCUT2D eigenvalue weighted by molar-refractivity contribution is 7.09. The molecular formula is C15H21F2N3O2S. The van der Waals surface area contributed by atoms with Crippen LogP contribution in [0, 0.1) is 0 Å². The average molecular weight is 345 g/mol. The van der Waals surface area contributed by atoms with Gasteiger partial charge in [-0.2, -0.15) is 8.78 Å². The molecule has 5 nitrogen and oxygen atoms in total. The standard InChI is InChI=1S/C15H21F2N3O2S/c1-10(2)12-19-11(7-23-12)13(21)20-8-14(3-5-18-6-4-14)22-15(16,17)9-20/h7,10,18H,3-6,8-9H2,1-2H3. The Kier molecular flexibility index (Phi) is 4.41. The maximum Gasteiger partial charge on any atom is 0.373 e. The van der Waals surface area contributed by atoms with Gasteiger partial charge in [0.1, 0.15) is 12.2 Å². The number of hydrogen-bond donors (Lipinski definition) is 1. The zero-order valence-corrected chi connectivity index (χ0v) is 14.1. The number of ether oxygens (including phenoxy) is 1. The molecule has 0 atom stereocenters. The Morgan fingerprint density at radius 3 is 2.70 bits per heavy atom. The zero-order valence-electron chi connectivity index (χ0n) is 13.3. The largest absolute Gasteiger partial charge is 0.373 e. The number of alkyl halides is 2. The summed E-state index contributed by atoms with van der Waals surface area (Å²) in [5.41, 5.74) is -0.708. The Morgan fingerprint density at radius 2 is 2.09 bits per heavy atom. The van der Waals surface area contributed by atoms with Crippen LogP contribution in [0.15, 0.2) is 5.38 Å². The van der Waals surface area contributed by atoms with Crippen LogP contribution in [0.3, 0.4) is 0 Å². The third-order valence-corrected chi connectivity index (χ3v) is 5.40. The molecule has 2 fully saturated rings. The molecule has 1 aromatic heterocycles. The van der Waals surface area contributed by atoms with Crippen LogP contribution in [0.5, 0.6) is 0 Å². The molecular weight excluding hydrogens is 324 g/mol. The number of nitrogens with one attached hydrogen (secondary N) is 1. The zero-order chi connectivity index (χ0) is 16.7. The highest BCUT2D eigenvalue weighted by Crippen LogP contribution is 2.37. The molecule has 1 aromatic rings. The molecule has 8 heteroatoms. The monoisotopic (exact) mass is 345 g/mol. The van der Waals surface area contributed by atoms with Gasteiger partial charge in [0, 0.05) is 11.3 Å². The Morgan fingerprint density at radius 1 is 1.39 bits per heavy atom. The van der Waals surface area contributed by atoms with Crippen LogP contribution in [0.2, 0.25) is 0 Å². The predicted octanol–water partition coefficient (Wildman–Crippen LogP) is 2.45. The van der Waals surface area contributed by atoms with Crippen molar-refractivity contribution in [3.05, 3.63) is 16.1 Å². The summed E-state index contributed by atoms with van der Waals surface area (Å²) < 4.78 is 33.2. The number of halogens is 2. The first-order valence-electron chi connectivity index (χ1n) is 7.84. The molecule has 1 spiro atoms. The van der Waals surface area contributed by atoms with Crippen LogP contribution < -0.4 is 5.32 Å². The number of nitrogens with zero attached hydrogens (tertiary/aromatic N) is 2. The number of carbonyl (C=O) groups excluding carboxylic acids is 1. The minimum atomic E-state index is -3.32. The van der Waals surface area contributed by atoms with E-state index in [0.717, 1.165) is 5.01 Å². The van der Waals surface area contributed by atoms with Crippen molar-refractivity contribution < 1.29 is 18.3 Å². The molecule has 2 aliphatic heterocycles. The molecule has 0 aliphatic carbocycles. The van der Waals surface area contributed by atoms with Gasteiger partial charge in [-0.25, -0.2) is 4.98 Å². The molecule has 2 aliphatic rings. The van der Waals surface area contributed by atoms with Gasteiger partial charge < -0.3 is 15.0 Å². The lowest BCUT2D eigenvalue weighted by Gasteiger charge is -2.47. The molecule has 1 N–H and O–H groups in total. The van der Waals surface area contributed by atoms with E-state index in [-0.39, 0.29) is 18.2 Å². The molecule has 0 bridgehead atoms. The number of thiazole rings is 1. The number of amides is 1. The Balaban J connectivity index is 1.81. The van der Waals surface area contributed by atoms with E-state index in [1.54, 1.807) is 5.38 Å². The van der Waals surface area contributed by atoms with Gasteiger partial charge in [0.2, 0.25) is 0 Å². The van der Waals surface area contributed by atoms with E-state index < -0.39 is 24.2 Å². The van der Waals surface area contributed by atoms with Crippen LogP contribution >= 0.6 is 11.3 Å². The minimum absolute atomic E-state index is 0.192. The maximum atomic E-state index is 14.0. The fourth-order valence-electron chi connectivity index (χ4n) is 3.11. The summed E-state index contributed by atoms with van der Waals surface area (Å²) in [5, 5.41) is 5.63. The van der Waals surface area contributed by atoms with E-state index in [2.05, 4.69) is 10.3 Å². The van der Waals surface area contributed by atoms with E-state index >= 15 is 0 Å². The fourth-order valence-corrected chi connectivity index (χ4v) is 3.92. The first kappa shape index (κ1) is 16.7. The summed E-state index contributed by atoms with van der Waals surface area (Å²) in [4.78, 5) is 18.1. The fraction of sp³-hybridized carbons (Fsp3) is 0.733. The molecule has 0 aromatic carbocycles. The van der Waals surface area contributed by atoms with Gasteiger partial charge in [0.05, 0.1) is 17.2 Å². The van der Waals surface area contributed by atoms with Crippen molar-refractivity contribution in [3.8, 4) is 0 Å². The summed E-state index contributed by atoms with van der Waals surface area (Å²) in [7, 11) is 0. The van der Waals surface area contributed by atoms with Gasteiger partial charge in [0.15, 0.2) is 0 Å². The molecule has 3 rings (SSSR count). The number of hydrogen-bond acceptors (Lipinski definition) is 5. The Hall–Kier alpha value is -1.12. The van der Waals surface area contributed by atoms with Crippen molar-refractivity contribution in [2.24, 2.45) is 0 Å². The lowest BCUT2D eigenvalue weighted by Crippen LogP contribution is -2.62. The van der Waals surface area contributed by atoms with Gasteiger partial charge in [0.25, 0.3) is 5.91 Å². The number of morpholine rings is 1. The van der Waals surface area contributed by atoms with E-state index in [9.17, 15) is 13.6 Å². The number of rotatable bonds is 2. The van der Waals surface area contributed by atoms with Crippen molar-refractivity contribution in [2.75, 3.05) is 26.2 Å². The molecule has 0 radical (unpaired) electrons. The second-order valence-electron chi connectivity index (χ2n) is 6.56. The number of piperidine rings is 1. The van der Waals surface area contributed by atoms with E-state index in [0.29, 0.717) is 25.9 Å². The first-order valence-corrected chi connectivity index (χ1v) is 8.72. The normalized spacial score (nSPS) is 23.4. The van der Waals surface area contributed by atoms with Crippen molar-refractivity contribution >= 4 is 17.2 Å². The van der Waals surface area contributed by atoms with E-state index in [1.807, 2.05) is 13.8 Å². The van der Waals surface area contributed by atoms with Crippen LogP contribution in [0.25, 0.3) is 0 Å². The third kappa shape index (κ3) is 3.54. The molecule has 128 valence electrons. The molecule has 2 saturated heterocycles. The van der Waals surface area contributed by atoms with Crippen LogP contribution in [-0.4, -0.2) is 53.7 Å². The first-order chi connectivity index (χ1) is 10.8. The SMILES string of the molecule is CC(C)c1nc(C(=O)N2CC(F)(F)OC3(CCNCC3)C2)cs1. The number of aromatic nitrogens is 1. The molecule has 23 heavy (non-hydrogen) atoms. The number of carbonyl (C=O) groups is 1. The predicted molar refractivity (Wildman–Crippen MR) is 83.0 cm³/mol.